The molecule has 2 aromatic rings. The van der Waals surface area contributed by atoms with E-state index >= 15 is 0 Å². The zero-order valence-electron chi connectivity index (χ0n) is 12.9. The van der Waals surface area contributed by atoms with Crippen LogP contribution in [0.2, 0.25) is 0 Å². The molecule has 3 N–H and O–H groups in total. The first kappa shape index (κ1) is 15.7. The van der Waals surface area contributed by atoms with Crippen molar-refractivity contribution >= 4 is 38.3 Å². The van der Waals surface area contributed by atoms with E-state index in [-0.39, 0.29) is 11.9 Å². The minimum atomic E-state index is -0.197. The van der Waals surface area contributed by atoms with Gasteiger partial charge in [-0.1, -0.05) is 18.3 Å². The van der Waals surface area contributed by atoms with Crippen molar-refractivity contribution in [2.24, 2.45) is 0 Å². The molecule has 2 rings (SSSR count). The topological polar surface area (TPSA) is 71.2 Å². The van der Waals surface area contributed by atoms with E-state index in [1.165, 1.54) is 11.3 Å². The second kappa shape index (κ2) is 6.41. The van der Waals surface area contributed by atoms with E-state index < -0.39 is 0 Å². The maximum Gasteiger partial charge on any atom is 0.243 e. The summed E-state index contributed by atoms with van der Waals surface area (Å²) in [7, 11) is 1.97. The average molecular weight is 306 g/mol. The van der Waals surface area contributed by atoms with Crippen LogP contribution in [0.3, 0.4) is 0 Å². The molecule has 21 heavy (non-hydrogen) atoms. The van der Waals surface area contributed by atoms with Gasteiger partial charge in [-0.15, -0.1) is 0 Å². The first-order valence-electron chi connectivity index (χ1n) is 7.11. The Morgan fingerprint density at radius 1 is 1.48 bits per heavy atom. The van der Waals surface area contributed by atoms with Gasteiger partial charge in [0.05, 0.1) is 16.3 Å². The van der Waals surface area contributed by atoms with E-state index in [9.17, 15) is 4.79 Å². The maximum atomic E-state index is 12.3. The molecule has 5 nitrogen and oxygen atoms in total. The van der Waals surface area contributed by atoms with Crippen LogP contribution in [0.5, 0.6) is 0 Å². The third kappa shape index (κ3) is 3.51. The Kier molecular flexibility index (Phi) is 4.80. The Hall–Kier alpha value is -1.66. The number of anilines is 2. The number of nitrogens with zero attached hydrogens (tertiary/aromatic N) is 2. The summed E-state index contributed by atoms with van der Waals surface area (Å²) >= 11 is 1.44. The number of hydrogen-bond donors (Lipinski definition) is 2. The van der Waals surface area contributed by atoms with Crippen LogP contribution in [-0.4, -0.2) is 34.9 Å². The number of benzene rings is 1. The van der Waals surface area contributed by atoms with Crippen LogP contribution in [0.1, 0.15) is 27.2 Å². The Morgan fingerprint density at radius 2 is 2.19 bits per heavy atom. The molecule has 0 saturated carbocycles. The Morgan fingerprint density at radius 3 is 2.86 bits per heavy atom. The third-order valence-corrected chi connectivity index (χ3v) is 4.85. The van der Waals surface area contributed by atoms with Crippen molar-refractivity contribution in [1.29, 1.82) is 0 Å². The molecule has 114 valence electrons. The Bertz CT molecular complexity index is 640. The van der Waals surface area contributed by atoms with Gasteiger partial charge < -0.3 is 11.1 Å². The molecule has 1 amide bonds. The predicted molar refractivity (Wildman–Crippen MR) is 89.6 cm³/mol. The van der Waals surface area contributed by atoms with Crippen molar-refractivity contribution in [2.45, 2.75) is 39.3 Å². The lowest BCUT2D eigenvalue weighted by atomic mass is 10.2. The molecular formula is C15H22N4OS. The van der Waals surface area contributed by atoms with Gasteiger partial charge in [-0.05, 0) is 45.5 Å². The van der Waals surface area contributed by atoms with Crippen LogP contribution < -0.4 is 11.1 Å². The van der Waals surface area contributed by atoms with Crippen molar-refractivity contribution in [3.63, 3.8) is 0 Å². The van der Waals surface area contributed by atoms with Gasteiger partial charge >= 0.3 is 0 Å². The van der Waals surface area contributed by atoms with Crippen molar-refractivity contribution in [1.82, 2.24) is 9.88 Å². The number of nitrogen functional groups attached to an aromatic ring is 1. The zero-order valence-corrected chi connectivity index (χ0v) is 13.7. The molecule has 0 bridgehead atoms. The SMILES string of the molecule is CCC(C)N(C)C(C)C(=O)Nc1nc2ccc(N)cc2s1. The van der Waals surface area contributed by atoms with E-state index in [0.29, 0.717) is 16.9 Å². The molecule has 0 saturated heterocycles. The molecule has 1 aromatic carbocycles. The summed E-state index contributed by atoms with van der Waals surface area (Å²) in [5.41, 5.74) is 7.31. The normalized spacial score (nSPS) is 14.3. The van der Waals surface area contributed by atoms with E-state index in [1.807, 2.05) is 32.2 Å². The summed E-state index contributed by atoms with van der Waals surface area (Å²) in [6, 6.07) is 5.72. The summed E-state index contributed by atoms with van der Waals surface area (Å²) in [5, 5.41) is 3.51. The number of nitrogens with two attached hydrogens (primary N) is 1. The Labute approximate surface area is 129 Å². The van der Waals surface area contributed by atoms with Gasteiger partial charge in [0.2, 0.25) is 5.91 Å². The third-order valence-electron chi connectivity index (χ3n) is 3.92. The van der Waals surface area contributed by atoms with Gasteiger partial charge in [0.25, 0.3) is 0 Å². The molecular weight excluding hydrogens is 284 g/mol. The average Bonchev–Trinajstić information content (AvgIpc) is 2.85. The van der Waals surface area contributed by atoms with Gasteiger partial charge in [-0.25, -0.2) is 4.98 Å². The standard InChI is InChI=1S/C15H22N4OS/c1-5-9(2)19(4)10(3)14(20)18-15-17-12-7-6-11(16)8-13(12)21-15/h6-10H,5,16H2,1-4H3,(H,17,18,20). The molecule has 2 unspecified atom stereocenters. The van der Waals surface area contributed by atoms with E-state index in [4.69, 9.17) is 5.73 Å². The number of likely N-dealkylation sites (N-methyl/N-ethyl adjacent to an activating group) is 1. The summed E-state index contributed by atoms with van der Waals surface area (Å²) in [6.07, 6.45) is 1.01. The number of rotatable bonds is 5. The number of hydrogen-bond acceptors (Lipinski definition) is 5. The molecule has 0 aliphatic rings. The number of amides is 1. The van der Waals surface area contributed by atoms with Gasteiger partial charge in [0.1, 0.15) is 0 Å². The molecule has 0 aliphatic carbocycles. The molecule has 0 aliphatic heterocycles. The second-order valence-corrected chi connectivity index (χ2v) is 6.36. The summed E-state index contributed by atoms with van der Waals surface area (Å²) < 4.78 is 0.980. The predicted octanol–water partition coefficient (Wildman–Crippen LogP) is 2.94. The number of aromatic nitrogens is 1. The number of carbonyl (C=O) groups is 1. The van der Waals surface area contributed by atoms with E-state index in [1.54, 1.807) is 0 Å². The molecule has 0 fully saturated rings. The van der Waals surface area contributed by atoms with Crippen LogP contribution in [0, 0.1) is 0 Å². The van der Waals surface area contributed by atoms with E-state index in [2.05, 4.69) is 29.0 Å². The van der Waals surface area contributed by atoms with Crippen LogP contribution >= 0.6 is 11.3 Å². The smallest absolute Gasteiger partial charge is 0.243 e. The van der Waals surface area contributed by atoms with Crippen LogP contribution in [0.15, 0.2) is 18.2 Å². The van der Waals surface area contributed by atoms with Crippen molar-refractivity contribution in [3.05, 3.63) is 18.2 Å². The van der Waals surface area contributed by atoms with Gasteiger partial charge in [-0.3, -0.25) is 9.69 Å². The van der Waals surface area contributed by atoms with Crippen LogP contribution in [0.4, 0.5) is 10.8 Å². The highest BCUT2D eigenvalue weighted by Crippen LogP contribution is 2.27. The highest BCUT2D eigenvalue weighted by molar-refractivity contribution is 7.22. The fourth-order valence-electron chi connectivity index (χ4n) is 2.06. The maximum absolute atomic E-state index is 12.3. The fourth-order valence-corrected chi connectivity index (χ4v) is 2.98. The molecule has 2 atom stereocenters. The van der Waals surface area contributed by atoms with Crippen molar-refractivity contribution in [2.75, 3.05) is 18.1 Å². The molecule has 1 aromatic heterocycles. The van der Waals surface area contributed by atoms with Gasteiger partial charge in [0, 0.05) is 11.7 Å². The number of nitrogens with one attached hydrogen (secondary N) is 1. The molecule has 0 spiro atoms. The largest absolute Gasteiger partial charge is 0.399 e. The highest BCUT2D eigenvalue weighted by atomic mass is 32.1. The monoisotopic (exact) mass is 306 g/mol. The molecule has 6 heteroatoms. The van der Waals surface area contributed by atoms with Crippen LogP contribution in [0.25, 0.3) is 10.2 Å². The van der Waals surface area contributed by atoms with Gasteiger partial charge in [0.15, 0.2) is 5.13 Å². The minimum absolute atomic E-state index is 0.0372. The zero-order chi connectivity index (χ0) is 15.6. The summed E-state index contributed by atoms with van der Waals surface area (Å²) in [6.45, 7) is 6.14. The van der Waals surface area contributed by atoms with Crippen LogP contribution in [-0.2, 0) is 4.79 Å². The minimum Gasteiger partial charge on any atom is -0.399 e. The van der Waals surface area contributed by atoms with Crippen molar-refractivity contribution in [3.8, 4) is 0 Å². The Balaban J connectivity index is 2.10. The number of carbonyl (C=O) groups excluding carboxylic acids is 1. The first-order chi connectivity index (χ1) is 9.92. The number of thiazole rings is 1. The quantitative estimate of drug-likeness (QED) is 0.833. The summed E-state index contributed by atoms with van der Waals surface area (Å²) in [5.74, 6) is -0.0372. The highest BCUT2D eigenvalue weighted by Gasteiger charge is 2.22. The second-order valence-electron chi connectivity index (χ2n) is 5.33. The number of fused-ring (bicyclic) bond motifs is 1. The lowest BCUT2D eigenvalue weighted by Gasteiger charge is -2.28. The van der Waals surface area contributed by atoms with E-state index in [0.717, 1.165) is 16.6 Å². The summed E-state index contributed by atoms with van der Waals surface area (Å²) in [4.78, 5) is 18.8. The lowest BCUT2D eigenvalue weighted by molar-refractivity contribution is -0.120. The molecule has 0 radical (unpaired) electrons. The van der Waals surface area contributed by atoms with Gasteiger partial charge in [-0.2, -0.15) is 0 Å². The molecule has 1 heterocycles. The lowest BCUT2D eigenvalue weighted by Crippen LogP contribution is -2.44. The first-order valence-corrected chi connectivity index (χ1v) is 7.93. The fraction of sp³-hybridized carbons (Fsp3) is 0.467. The van der Waals surface area contributed by atoms with Crippen molar-refractivity contribution < 1.29 is 4.79 Å².